The van der Waals surface area contributed by atoms with E-state index in [1.54, 1.807) is 30.8 Å². The minimum absolute atomic E-state index is 0.0306. The normalized spacial score (nSPS) is 13.2. The third-order valence-corrected chi connectivity index (χ3v) is 6.13. The first kappa shape index (κ1) is 21.7. The molecule has 0 spiro atoms. The van der Waals surface area contributed by atoms with Crippen molar-refractivity contribution in [1.82, 2.24) is 14.5 Å². The topological polar surface area (TPSA) is 88.0 Å². The molecule has 0 saturated heterocycles. The lowest BCUT2D eigenvalue weighted by Gasteiger charge is -2.32. The van der Waals surface area contributed by atoms with Crippen LogP contribution < -0.4 is 11.1 Å². The minimum Gasteiger partial charge on any atom is -0.395 e. The molecule has 1 aromatic carbocycles. The van der Waals surface area contributed by atoms with Crippen LogP contribution in [0.4, 0.5) is 0 Å². The molecule has 6 nitrogen and oxygen atoms in total. The molecular formula is C26H27N3O3. The van der Waals surface area contributed by atoms with Crippen LogP contribution >= 0.6 is 0 Å². The molecule has 0 aliphatic carbocycles. The molecule has 0 aliphatic heterocycles. The van der Waals surface area contributed by atoms with Gasteiger partial charge in [0.05, 0.1) is 17.7 Å². The van der Waals surface area contributed by atoms with Gasteiger partial charge in [-0.3, -0.25) is 14.6 Å². The predicted molar refractivity (Wildman–Crippen MR) is 127 cm³/mol. The summed E-state index contributed by atoms with van der Waals surface area (Å²) in [5.74, 6) is 0. The standard InChI is InChI=1S/C26H27N3O3/c1-4-10-26(16-30,22-7-5-6-11-27-22)24-21-13-18(8-9-19(21)14-23(31)28-24)20-12-17(2)25(32)29(3)15-20/h5-9,11-15,30H,4,10,16H2,1-3H3,(H,28,31). The van der Waals surface area contributed by atoms with Crippen molar-refractivity contribution in [3.63, 3.8) is 0 Å². The number of nitrogens with one attached hydrogen (secondary N) is 1. The van der Waals surface area contributed by atoms with E-state index in [1.807, 2.05) is 48.7 Å². The highest BCUT2D eigenvalue weighted by molar-refractivity contribution is 5.90. The molecule has 164 valence electrons. The third kappa shape index (κ3) is 3.67. The van der Waals surface area contributed by atoms with E-state index in [2.05, 4.69) is 16.9 Å². The van der Waals surface area contributed by atoms with E-state index < -0.39 is 5.41 Å². The maximum absolute atomic E-state index is 12.6. The minimum atomic E-state index is -0.841. The molecular weight excluding hydrogens is 402 g/mol. The lowest BCUT2D eigenvalue weighted by molar-refractivity contribution is 0.205. The zero-order chi connectivity index (χ0) is 22.9. The first-order valence-corrected chi connectivity index (χ1v) is 10.8. The number of aliphatic hydroxyl groups is 1. The van der Waals surface area contributed by atoms with E-state index in [4.69, 9.17) is 0 Å². The van der Waals surface area contributed by atoms with E-state index in [0.717, 1.165) is 34.0 Å². The van der Waals surface area contributed by atoms with Crippen LogP contribution in [0.1, 0.15) is 36.7 Å². The summed E-state index contributed by atoms with van der Waals surface area (Å²) in [6.45, 7) is 3.67. The summed E-state index contributed by atoms with van der Waals surface area (Å²) in [4.78, 5) is 32.3. The highest BCUT2D eigenvalue weighted by Gasteiger charge is 2.37. The first-order chi connectivity index (χ1) is 15.4. The van der Waals surface area contributed by atoms with Crippen molar-refractivity contribution in [2.45, 2.75) is 32.1 Å². The lowest BCUT2D eigenvalue weighted by atomic mass is 9.75. The van der Waals surface area contributed by atoms with Gasteiger partial charge in [-0.15, -0.1) is 0 Å². The summed E-state index contributed by atoms with van der Waals surface area (Å²) in [6, 6.07) is 14.9. The summed E-state index contributed by atoms with van der Waals surface area (Å²) < 4.78 is 1.58. The monoisotopic (exact) mass is 429 g/mol. The number of aryl methyl sites for hydroxylation is 2. The number of benzene rings is 1. The van der Waals surface area contributed by atoms with E-state index in [-0.39, 0.29) is 17.7 Å². The van der Waals surface area contributed by atoms with Gasteiger partial charge < -0.3 is 14.7 Å². The second kappa shape index (κ2) is 8.55. The smallest absolute Gasteiger partial charge is 0.253 e. The number of nitrogens with zero attached hydrogens (tertiary/aromatic N) is 2. The van der Waals surface area contributed by atoms with E-state index in [9.17, 15) is 14.7 Å². The van der Waals surface area contributed by atoms with Gasteiger partial charge >= 0.3 is 0 Å². The van der Waals surface area contributed by atoms with Gasteiger partial charge in [-0.1, -0.05) is 31.5 Å². The van der Waals surface area contributed by atoms with Crippen molar-refractivity contribution in [2.24, 2.45) is 7.05 Å². The van der Waals surface area contributed by atoms with Gasteiger partial charge in [0, 0.05) is 42.2 Å². The lowest BCUT2D eigenvalue weighted by Crippen LogP contribution is -2.36. The van der Waals surface area contributed by atoms with Crippen LogP contribution in [-0.2, 0) is 12.5 Å². The van der Waals surface area contributed by atoms with E-state index in [1.165, 1.54) is 0 Å². The molecule has 0 bridgehead atoms. The van der Waals surface area contributed by atoms with Crippen molar-refractivity contribution in [2.75, 3.05) is 6.61 Å². The molecule has 1 atom stereocenters. The zero-order valence-corrected chi connectivity index (χ0v) is 18.6. The number of rotatable bonds is 6. The second-order valence-electron chi connectivity index (χ2n) is 8.34. The van der Waals surface area contributed by atoms with Crippen LogP contribution in [-0.4, -0.2) is 26.2 Å². The van der Waals surface area contributed by atoms with Gasteiger partial charge in [-0.25, -0.2) is 0 Å². The predicted octanol–water partition coefficient (Wildman–Crippen LogP) is 3.68. The molecule has 6 heteroatoms. The van der Waals surface area contributed by atoms with Crippen molar-refractivity contribution in [1.29, 1.82) is 0 Å². The van der Waals surface area contributed by atoms with E-state index in [0.29, 0.717) is 17.7 Å². The average molecular weight is 430 g/mol. The molecule has 2 N–H and O–H groups in total. The Kier molecular flexibility index (Phi) is 5.80. The summed E-state index contributed by atoms with van der Waals surface area (Å²) in [5, 5.41) is 12.3. The molecule has 0 amide bonds. The Morgan fingerprint density at radius 3 is 2.56 bits per heavy atom. The Bertz CT molecular complexity index is 1360. The molecule has 0 fully saturated rings. The fourth-order valence-electron chi connectivity index (χ4n) is 4.55. The summed E-state index contributed by atoms with van der Waals surface area (Å²) >= 11 is 0. The number of aromatic nitrogens is 3. The van der Waals surface area contributed by atoms with Gasteiger partial charge in [-0.2, -0.15) is 0 Å². The van der Waals surface area contributed by atoms with Gasteiger partial charge in [0.15, 0.2) is 0 Å². The van der Waals surface area contributed by atoms with Crippen molar-refractivity contribution in [3.8, 4) is 11.1 Å². The molecule has 4 aromatic rings. The first-order valence-electron chi connectivity index (χ1n) is 10.8. The van der Waals surface area contributed by atoms with Crippen LogP contribution in [0.2, 0.25) is 0 Å². The maximum atomic E-state index is 12.6. The van der Waals surface area contributed by atoms with E-state index >= 15 is 0 Å². The van der Waals surface area contributed by atoms with Crippen molar-refractivity contribution in [3.05, 3.63) is 98.6 Å². The number of aromatic amines is 1. The fraction of sp³-hybridized carbons (Fsp3) is 0.269. The third-order valence-electron chi connectivity index (χ3n) is 6.13. The Morgan fingerprint density at radius 2 is 1.91 bits per heavy atom. The quantitative estimate of drug-likeness (QED) is 0.489. The SMILES string of the molecule is CCCC(CO)(c1ccccn1)c1[nH]c(=O)cc2ccc(-c3cc(C)c(=O)n(C)c3)cc12. The summed E-state index contributed by atoms with van der Waals surface area (Å²) in [7, 11) is 1.74. The fourth-order valence-corrected chi connectivity index (χ4v) is 4.55. The van der Waals surface area contributed by atoms with Gasteiger partial charge in [0.2, 0.25) is 5.56 Å². The molecule has 0 aliphatic rings. The van der Waals surface area contributed by atoms with Crippen LogP contribution in [0.15, 0.2) is 70.5 Å². The molecule has 3 heterocycles. The number of aliphatic hydroxyl groups excluding tert-OH is 1. The Labute approximate surface area is 186 Å². The van der Waals surface area contributed by atoms with Crippen LogP contribution in [0.3, 0.4) is 0 Å². The Morgan fingerprint density at radius 1 is 1.09 bits per heavy atom. The van der Waals surface area contributed by atoms with Crippen molar-refractivity contribution >= 4 is 10.8 Å². The number of hydrogen-bond donors (Lipinski definition) is 2. The summed E-state index contributed by atoms with van der Waals surface area (Å²) in [6.07, 6.45) is 4.94. The maximum Gasteiger partial charge on any atom is 0.253 e. The van der Waals surface area contributed by atoms with Gasteiger partial charge in [-0.05, 0) is 54.1 Å². The largest absolute Gasteiger partial charge is 0.395 e. The highest BCUT2D eigenvalue weighted by atomic mass is 16.3. The van der Waals surface area contributed by atoms with Gasteiger partial charge in [0.25, 0.3) is 5.56 Å². The van der Waals surface area contributed by atoms with Crippen LogP contribution in [0, 0.1) is 6.92 Å². The Hall–Kier alpha value is -3.51. The number of fused-ring (bicyclic) bond motifs is 1. The molecule has 32 heavy (non-hydrogen) atoms. The highest BCUT2D eigenvalue weighted by Crippen LogP contribution is 2.38. The van der Waals surface area contributed by atoms with Crippen molar-refractivity contribution < 1.29 is 5.11 Å². The molecule has 0 radical (unpaired) electrons. The molecule has 0 saturated carbocycles. The second-order valence-corrected chi connectivity index (χ2v) is 8.34. The van der Waals surface area contributed by atoms with Crippen LogP contribution in [0.25, 0.3) is 21.9 Å². The van der Waals surface area contributed by atoms with Gasteiger partial charge in [0.1, 0.15) is 0 Å². The number of H-pyrrole nitrogens is 1. The molecule has 3 aromatic heterocycles. The average Bonchev–Trinajstić information content (AvgIpc) is 2.80. The number of pyridine rings is 3. The summed E-state index contributed by atoms with van der Waals surface area (Å²) in [5.41, 5.74) is 2.78. The Balaban J connectivity index is 2.03. The number of hydrogen-bond acceptors (Lipinski definition) is 4. The van der Waals surface area contributed by atoms with Crippen LogP contribution in [0.5, 0.6) is 0 Å². The zero-order valence-electron chi connectivity index (χ0n) is 18.6. The molecule has 4 rings (SSSR count). The molecule has 1 unspecified atom stereocenters.